The van der Waals surface area contributed by atoms with Crippen molar-refractivity contribution in [1.29, 1.82) is 0 Å². The molecule has 15 heavy (non-hydrogen) atoms. The van der Waals surface area contributed by atoms with Gasteiger partial charge in [0.05, 0.1) is 0 Å². The summed E-state index contributed by atoms with van der Waals surface area (Å²) in [6.07, 6.45) is 8.85. The smallest absolute Gasteiger partial charge is 0.0235 e. The van der Waals surface area contributed by atoms with Gasteiger partial charge in [0.15, 0.2) is 0 Å². The standard InChI is InChI=1S/C13H24N2/c1-2-5-11(4-1)8-15-9-12-6-3-7-14-13(12)10-15/h11-14H,1-10H2/t12-,13+/m0/s1. The number of hydrogen-bond donors (Lipinski definition) is 1. The van der Waals surface area contributed by atoms with Gasteiger partial charge in [0, 0.05) is 25.7 Å². The van der Waals surface area contributed by atoms with E-state index in [0.717, 1.165) is 17.9 Å². The molecule has 1 aliphatic carbocycles. The van der Waals surface area contributed by atoms with Crippen LogP contribution in [-0.4, -0.2) is 37.1 Å². The minimum Gasteiger partial charge on any atom is -0.312 e. The van der Waals surface area contributed by atoms with E-state index in [4.69, 9.17) is 0 Å². The SMILES string of the molecule is C1CCC(CN2C[C@@H]3CCCN[C@@H]3C2)C1. The maximum atomic E-state index is 3.69. The second-order valence-corrected chi connectivity index (χ2v) is 5.83. The summed E-state index contributed by atoms with van der Waals surface area (Å²) >= 11 is 0. The summed E-state index contributed by atoms with van der Waals surface area (Å²) < 4.78 is 0. The highest BCUT2D eigenvalue weighted by atomic mass is 15.2. The molecule has 86 valence electrons. The van der Waals surface area contributed by atoms with E-state index in [1.165, 1.54) is 64.7 Å². The van der Waals surface area contributed by atoms with E-state index in [2.05, 4.69) is 10.2 Å². The molecule has 3 aliphatic rings. The molecule has 0 bridgehead atoms. The Bertz CT molecular complexity index is 197. The third kappa shape index (κ3) is 2.21. The van der Waals surface area contributed by atoms with Gasteiger partial charge in [-0.25, -0.2) is 0 Å². The lowest BCUT2D eigenvalue weighted by atomic mass is 9.94. The molecule has 0 aromatic carbocycles. The minimum atomic E-state index is 0.833. The lowest BCUT2D eigenvalue weighted by molar-refractivity contribution is 0.269. The topological polar surface area (TPSA) is 15.3 Å². The zero-order valence-corrected chi connectivity index (χ0v) is 9.75. The van der Waals surface area contributed by atoms with Gasteiger partial charge in [0.25, 0.3) is 0 Å². The fourth-order valence-corrected chi connectivity index (χ4v) is 3.84. The van der Waals surface area contributed by atoms with Crippen LogP contribution in [0.25, 0.3) is 0 Å². The highest BCUT2D eigenvalue weighted by molar-refractivity contribution is 4.92. The minimum absolute atomic E-state index is 0.833. The van der Waals surface area contributed by atoms with Crippen LogP contribution in [0.15, 0.2) is 0 Å². The summed E-state index contributed by atoms with van der Waals surface area (Å²) in [5.41, 5.74) is 0. The van der Waals surface area contributed by atoms with Crippen molar-refractivity contribution < 1.29 is 0 Å². The highest BCUT2D eigenvalue weighted by Crippen LogP contribution is 2.29. The molecule has 0 unspecified atom stereocenters. The maximum absolute atomic E-state index is 3.69. The second kappa shape index (κ2) is 4.42. The quantitative estimate of drug-likeness (QED) is 0.745. The summed E-state index contributed by atoms with van der Waals surface area (Å²) in [6.45, 7) is 5.38. The monoisotopic (exact) mass is 208 g/mol. The lowest BCUT2D eigenvalue weighted by Gasteiger charge is -2.24. The summed E-state index contributed by atoms with van der Waals surface area (Å²) in [4.78, 5) is 2.74. The molecular weight excluding hydrogens is 184 g/mol. The molecular formula is C13H24N2. The van der Waals surface area contributed by atoms with Crippen LogP contribution in [0.2, 0.25) is 0 Å². The summed E-state index contributed by atoms with van der Waals surface area (Å²) in [5.74, 6) is 2.00. The Kier molecular flexibility index (Phi) is 2.98. The van der Waals surface area contributed by atoms with Crippen LogP contribution in [0.3, 0.4) is 0 Å². The van der Waals surface area contributed by atoms with Crippen LogP contribution < -0.4 is 5.32 Å². The lowest BCUT2D eigenvalue weighted by Crippen LogP contribution is -2.40. The Hall–Kier alpha value is -0.0800. The average molecular weight is 208 g/mol. The van der Waals surface area contributed by atoms with Gasteiger partial charge in [0.2, 0.25) is 0 Å². The molecule has 3 rings (SSSR count). The van der Waals surface area contributed by atoms with E-state index >= 15 is 0 Å². The molecule has 0 aromatic rings. The first-order valence-electron chi connectivity index (χ1n) is 6.87. The van der Waals surface area contributed by atoms with Gasteiger partial charge in [-0.2, -0.15) is 0 Å². The number of fused-ring (bicyclic) bond motifs is 1. The van der Waals surface area contributed by atoms with Gasteiger partial charge in [0.1, 0.15) is 0 Å². The Morgan fingerprint density at radius 1 is 1.00 bits per heavy atom. The number of likely N-dealkylation sites (tertiary alicyclic amines) is 1. The molecule has 0 aromatic heterocycles. The van der Waals surface area contributed by atoms with Gasteiger partial charge >= 0.3 is 0 Å². The number of nitrogens with zero attached hydrogens (tertiary/aromatic N) is 1. The molecule has 3 fully saturated rings. The predicted molar refractivity (Wildman–Crippen MR) is 62.9 cm³/mol. The molecule has 0 radical (unpaired) electrons. The number of hydrogen-bond acceptors (Lipinski definition) is 2. The van der Waals surface area contributed by atoms with Crippen LogP contribution in [0.1, 0.15) is 38.5 Å². The van der Waals surface area contributed by atoms with Crippen molar-refractivity contribution in [1.82, 2.24) is 10.2 Å². The Labute approximate surface area is 93.4 Å². The summed E-state index contributed by atoms with van der Waals surface area (Å²) in [6, 6.07) is 0.833. The van der Waals surface area contributed by atoms with Gasteiger partial charge in [-0.15, -0.1) is 0 Å². The van der Waals surface area contributed by atoms with Gasteiger partial charge in [-0.05, 0) is 44.1 Å². The van der Waals surface area contributed by atoms with E-state index in [1.54, 1.807) is 0 Å². The molecule has 2 atom stereocenters. The molecule has 2 nitrogen and oxygen atoms in total. The van der Waals surface area contributed by atoms with E-state index in [-0.39, 0.29) is 0 Å². The predicted octanol–water partition coefficient (Wildman–Crippen LogP) is 1.86. The molecule has 2 heteroatoms. The van der Waals surface area contributed by atoms with Crippen molar-refractivity contribution >= 4 is 0 Å². The first-order chi connectivity index (χ1) is 7.42. The Balaban J connectivity index is 1.51. The number of rotatable bonds is 2. The van der Waals surface area contributed by atoms with Gasteiger partial charge in [-0.3, -0.25) is 0 Å². The first-order valence-corrected chi connectivity index (χ1v) is 6.87. The molecule has 2 aliphatic heterocycles. The maximum Gasteiger partial charge on any atom is 0.0235 e. The zero-order valence-electron chi connectivity index (χ0n) is 9.75. The molecule has 2 heterocycles. The highest BCUT2D eigenvalue weighted by Gasteiger charge is 2.34. The average Bonchev–Trinajstić information content (AvgIpc) is 2.86. The van der Waals surface area contributed by atoms with E-state index in [1.807, 2.05) is 0 Å². The number of nitrogens with one attached hydrogen (secondary N) is 1. The van der Waals surface area contributed by atoms with E-state index in [0.29, 0.717) is 0 Å². The zero-order chi connectivity index (χ0) is 10.1. The van der Waals surface area contributed by atoms with Crippen LogP contribution in [0.5, 0.6) is 0 Å². The van der Waals surface area contributed by atoms with Crippen LogP contribution in [0, 0.1) is 11.8 Å². The van der Waals surface area contributed by atoms with Gasteiger partial charge < -0.3 is 10.2 Å². The Morgan fingerprint density at radius 3 is 2.67 bits per heavy atom. The normalized spacial score (nSPS) is 38.4. The second-order valence-electron chi connectivity index (χ2n) is 5.83. The van der Waals surface area contributed by atoms with E-state index < -0.39 is 0 Å². The molecule has 2 saturated heterocycles. The largest absolute Gasteiger partial charge is 0.312 e. The third-order valence-electron chi connectivity index (χ3n) is 4.67. The van der Waals surface area contributed by atoms with Crippen LogP contribution in [0.4, 0.5) is 0 Å². The molecule has 0 spiro atoms. The van der Waals surface area contributed by atoms with Crippen molar-refractivity contribution in [2.45, 2.75) is 44.6 Å². The molecule has 1 saturated carbocycles. The fourth-order valence-electron chi connectivity index (χ4n) is 3.84. The first kappa shape index (κ1) is 10.1. The van der Waals surface area contributed by atoms with Crippen molar-refractivity contribution in [3.63, 3.8) is 0 Å². The van der Waals surface area contributed by atoms with Crippen LogP contribution >= 0.6 is 0 Å². The van der Waals surface area contributed by atoms with Crippen molar-refractivity contribution in [2.75, 3.05) is 26.2 Å². The van der Waals surface area contributed by atoms with E-state index in [9.17, 15) is 0 Å². The van der Waals surface area contributed by atoms with Gasteiger partial charge in [-0.1, -0.05) is 12.8 Å². The fraction of sp³-hybridized carbons (Fsp3) is 1.00. The number of piperidine rings is 1. The molecule has 1 N–H and O–H groups in total. The van der Waals surface area contributed by atoms with Crippen molar-refractivity contribution in [3.05, 3.63) is 0 Å². The summed E-state index contributed by atoms with van der Waals surface area (Å²) in [5, 5.41) is 3.69. The Morgan fingerprint density at radius 2 is 1.87 bits per heavy atom. The van der Waals surface area contributed by atoms with Crippen molar-refractivity contribution in [3.8, 4) is 0 Å². The third-order valence-corrected chi connectivity index (χ3v) is 4.67. The van der Waals surface area contributed by atoms with Crippen molar-refractivity contribution in [2.24, 2.45) is 11.8 Å². The summed E-state index contributed by atoms with van der Waals surface area (Å²) in [7, 11) is 0. The van der Waals surface area contributed by atoms with Crippen LogP contribution in [-0.2, 0) is 0 Å². The molecule has 0 amide bonds.